The van der Waals surface area contributed by atoms with Gasteiger partial charge in [-0.15, -0.1) is 0 Å². The number of ether oxygens (including phenoxy) is 1. The summed E-state index contributed by atoms with van der Waals surface area (Å²) >= 11 is 0. The number of esters is 1. The first-order valence-electron chi connectivity index (χ1n) is 7.86. The maximum absolute atomic E-state index is 12.5. The van der Waals surface area contributed by atoms with Crippen molar-refractivity contribution in [1.82, 2.24) is 9.78 Å². The van der Waals surface area contributed by atoms with Gasteiger partial charge in [-0.25, -0.2) is 4.57 Å². The zero-order valence-corrected chi connectivity index (χ0v) is 13.8. The summed E-state index contributed by atoms with van der Waals surface area (Å²) in [5, 5.41) is 4.44. The van der Waals surface area contributed by atoms with Crippen LogP contribution in [-0.4, -0.2) is 28.6 Å². The van der Waals surface area contributed by atoms with E-state index in [2.05, 4.69) is 5.10 Å². The molecule has 0 atom stereocenters. The van der Waals surface area contributed by atoms with Gasteiger partial charge in [-0.3, -0.25) is 9.59 Å². The Labute approximate surface area is 145 Å². The first-order chi connectivity index (χ1) is 12.2. The summed E-state index contributed by atoms with van der Waals surface area (Å²) in [4.78, 5) is 24.2. The highest BCUT2D eigenvalue weighted by atomic mass is 16.5. The molecule has 0 saturated heterocycles. The van der Waals surface area contributed by atoms with Gasteiger partial charge in [0.25, 0.3) is 5.82 Å². The fourth-order valence-electron chi connectivity index (χ4n) is 2.45. The number of carbonyl (C=O) groups excluding carboxylic acids is 2. The second kappa shape index (κ2) is 7.53. The number of nitrogens with zero attached hydrogens (tertiary/aromatic N) is 3. The fourth-order valence-corrected chi connectivity index (χ4v) is 2.45. The Balaban J connectivity index is 1.91. The maximum Gasteiger partial charge on any atom is 0.316 e. The Morgan fingerprint density at radius 1 is 1.04 bits per heavy atom. The molecule has 0 bridgehead atoms. The van der Waals surface area contributed by atoms with Gasteiger partial charge >= 0.3 is 5.97 Å². The van der Waals surface area contributed by atoms with Crippen molar-refractivity contribution in [1.29, 1.82) is 0 Å². The van der Waals surface area contributed by atoms with Crippen LogP contribution in [0.15, 0.2) is 67.0 Å². The van der Waals surface area contributed by atoms with Crippen molar-refractivity contribution in [2.24, 2.45) is 0 Å². The molecule has 6 heteroatoms. The quantitative estimate of drug-likeness (QED) is 0.391. The van der Waals surface area contributed by atoms with Gasteiger partial charge < -0.3 is 4.74 Å². The van der Waals surface area contributed by atoms with Crippen molar-refractivity contribution in [2.75, 3.05) is 7.11 Å². The number of methoxy groups -OCH3 is 1. The highest BCUT2D eigenvalue weighted by Crippen LogP contribution is 2.06. The molecular formula is C19H18N3O3+. The molecular weight excluding hydrogens is 318 g/mol. The molecule has 0 aliphatic heterocycles. The van der Waals surface area contributed by atoms with Crippen molar-refractivity contribution < 1.29 is 18.9 Å². The van der Waals surface area contributed by atoms with Gasteiger partial charge in [0.1, 0.15) is 18.7 Å². The third-order valence-electron chi connectivity index (χ3n) is 3.76. The maximum atomic E-state index is 12.5. The molecule has 0 fully saturated rings. The minimum absolute atomic E-state index is 0.00158. The molecule has 0 radical (unpaired) electrons. The summed E-state index contributed by atoms with van der Waals surface area (Å²) in [6, 6.07) is 18.6. The van der Waals surface area contributed by atoms with Crippen molar-refractivity contribution >= 4 is 11.8 Å². The molecule has 3 aromatic rings. The third kappa shape index (κ3) is 3.98. The van der Waals surface area contributed by atoms with Crippen LogP contribution in [0.4, 0.5) is 0 Å². The van der Waals surface area contributed by atoms with Crippen molar-refractivity contribution in [2.45, 2.75) is 13.0 Å². The molecule has 3 rings (SSSR count). The van der Waals surface area contributed by atoms with Crippen LogP contribution in [0.25, 0.3) is 5.69 Å². The molecule has 0 amide bonds. The third-order valence-corrected chi connectivity index (χ3v) is 3.76. The molecule has 0 spiro atoms. The first kappa shape index (κ1) is 16.6. The standard InChI is InChI=1S/C19H18N3O3/c1-25-19(24)12-18-20-22(16-10-6-3-7-11-16)14-21(18)13-17(23)15-8-4-2-5-9-15/h2-11,14H,12-13H2,1H3/q+1. The number of aromatic nitrogens is 3. The summed E-state index contributed by atoms with van der Waals surface area (Å²) in [6.07, 6.45) is 1.72. The van der Waals surface area contributed by atoms with Crippen LogP contribution in [-0.2, 0) is 22.5 Å². The van der Waals surface area contributed by atoms with Crippen molar-refractivity contribution in [3.63, 3.8) is 0 Å². The zero-order chi connectivity index (χ0) is 17.6. The van der Waals surface area contributed by atoms with E-state index in [9.17, 15) is 9.59 Å². The topological polar surface area (TPSA) is 65.1 Å². The van der Waals surface area contributed by atoms with E-state index in [0.717, 1.165) is 5.69 Å². The van der Waals surface area contributed by atoms with Gasteiger partial charge in [0.2, 0.25) is 6.33 Å². The van der Waals surface area contributed by atoms with Gasteiger partial charge in [0.15, 0.2) is 5.78 Å². The lowest BCUT2D eigenvalue weighted by Crippen LogP contribution is -2.41. The van der Waals surface area contributed by atoms with Crippen molar-refractivity contribution in [3.8, 4) is 5.69 Å². The number of hydrogen-bond acceptors (Lipinski definition) is 4. The van der Waals surface area contributed by atoms with E-state index in [1.54, 1.807) is 27.7 Å². The lowest BCUT2D eigenvalue weighted by molar-refractivity contribution is -0.690. The van der Waals surface area contributed by atoms with E-state index in [4.69, 9.17) is 4.74 Å². The van der Waals surface area contributed by atoms with Crippen LogP contribution in [0.1, 0.15) is 16.2 Å². The second-order valence-corrected chi connectivity index (χ2v) is 5.48. The number of ketones is 1. The predicted octanol–water partition coefficient (Wildman–Crippen LogP) is 1.76. The van der Waals surface area contributed by atoms with Gasteiger partial charge in [0.05, 0.1) is 7.11 Å². The molecule has 0 aliphatic carbocycles. The minimum atomic E-state index is -0.403. The molecule has 25 heavy (non-hydrogen) atoms. The van der Waals surface area contributed by atoms with E-state index in [0.29, 0.717) is 11.4 Å². The lowest BCUT2D eigenvalue weighted by Gasteiger charge is -2.00. The molecule has 6 nitrogen and oxygen atoms in total. The van der Waals surface area contributed by atoms with Crippen LogP contribution in [0.5, 0.6) is 0 Å². The van der Waals surface area contributed by atoms with E-state index >= 15 is 0 Å². The molecule has 0 aliphatic rings. The average molecular weight is 336 g/mol. The molecule has 1 heterocycles. The Kier molecular flexibility index (Phi) is 4.99. The van der Waals surface area contributed by atoms with Crippen LogP contribution < -0.4 is 4.57 Å². The number of rotatable bonds is 6. The lowest BCUT2D eigenvalue weighted by atomic mass is 10.1. The molecule has 126 valence electrons. The van der Waals surface area contributed by atoms with E-state index < -0.39 is 5.97 Å². The molecule has 0 N–H and O–H groups in total. The van der Waals surface area contributed by atoms with Crippen LogP contribution in [0.2, 0.25) is 0 Å². The number of benzene rings is 2. The Morgan fingerprint density at radius 3 is 2.32 bits per heavy atom. The van der Waals surface area contributed by atoms with Gasteiger partial charge in [-0.2, -0.15) is 0 Å². The number of hydrogen-bond donors (Lipinski definition) is 0. The van der Waals surface area contributed by atoms with Gasteiger partial charge in [0, 0.05) is 10.7 Å². The van der Waals surface area contributed by atoms with Crippen LogP contribution >= 0.6 is 0 Å². The summed E-state index contributed by atoms with van der Waals surface area (Å²) in [7, 11) is 1.33. The van der Waals surface area contributed by atoms with Crippen LogP contribution in [0.3, 0.4) is 0 Å². The summed E-state index contributed by atoms with van der Waals surface area (Å²) < 4.78 is 8.06. The molecule has 0 saturated carbocycles. The molecule has 0 unspecified atom stereocenters. The SMILES string of the molecule is COC(=O)Cc1nn(-c2ccccc2)c[n+]1CC(=O)c1ccccc1. The van der Waals surface area contributed by atoms with E-state index in [1.165, 1.54) is 7.11 Å². The van der Waals surface area contributed by atoms with E-state index in [1.807, 2.05) is 48.5 Å². The normalized spacial score (nSPS) is 10.4. The van der Waals surface area contributed by atoms with Gasteiger partial charge in [-0.05, 0) is 12.1 Å². The summed E-state index contributed by atoms with van der Waals surface area (Å²) in [5.41, 5.74) is 1.46. The summed E-state index contributed by atoms with van der Waals surface area (Å²) in [5.74, 6) is 0.0172. The largest absolute Gasteiger partial charge is 0.469 e. The number of Topliss-reactive ketones (excluding diaryl/α,β-unsaturated/α-hetero) is 1. The highest BCUT2D eigenvalue weighted by Gasteiger charge is 2.23. The average Bonchev–Trinajstić information content (AvgIpc) is 3.05. The Morgan fingerprint density at radius 2 is 1.68 bits per heavy atom. The number of para-hydroxylation sites is 1. The first-order valence-corrected chi connectivity index (χ1v) is 7.86. The fraction of sp³-hybridized carbons (Fsp3) is 0.158. The van der Waals surface area contributed by atoms with Crippen molar-refractivity contribution in [3.05, 3.63) is 78.4 Å². The Bertz CT molecular complexity index is 873. The number of carbonyl (C=O) groups is 2. The zero-order valence-electron chi connectivity index (χ0n) is 13.8. The summed E-state index contributed by atoms with van der Waals surface area (Å²) in [6.45, 7) is 0.100. The monoisotopic (exact) mass is 336 g/mol. The van der Waals surface area contributed by atoms with E-state index in [-0.39, 0.29) is 18.7 Å². The minimum Gasteiger partial charge on any atom is -0.469 e. The predicted molar refractivity (Wildman–Crippen MR) is 90.3 cm³/mol. The van der Waals surface area contributed by atoms with Gasteiger partial charge in [-0.1, -0.05) is 53.2 Å². The Hall–Kier alpha value is -3.28. The molecule has 2 aromatic carbocycles. The smallest absolute Gasteiger partial charge is 0.316 e. The van der Waals surface area contributed by atoms with Crippen LogP contribution in [0, 0.1) is 0 Å². The highest BCUT2D eigenvalue weighted by molar-refractivity contribution is 5.94. The molecule has 1 aromatic heterocycles. The second-order valence-electron chi connectivity index (χ2n) is 5.48.